The molecule has 0 radical (unpaired) electrons. The number of aryl methyl sites for hydroxylation is 1. The highest BCUT2D eigenvalue weighted by atomic mass is 16.5. The number of hydrogen-bond acceptors (Lipinski definition) is 3. The molecule has 0 amide bonds. The minimum absolute atomic E-state index is 0.0439. The van der Waals surface area contributed by atoms with E-state index >= 15 is 0 Å². The summed E-state index contributed by atoms with van der Waals surface area (Å²) in [5, 5.41) is 0. The van der Waals surface area contributed by atoms with Gasteiger partial charge in [0.25, 0.3) is 0 Å². The molecule has 0 spiro atoms. The SMILES string of the molecule is COc1ccc(/C=C/C(=O)c2ccc(-n3cccc3)cc2)cc1COc1ccccc1C. The summed E-state index contributed by atoms with van der Waals surface area (Å²) in [7, 11) is 1.64. The number of ether oxygens (including phenoxy) is 2. The predicted octanol–water partition coefficient (Wildman–Crippen LogP) is 6.27. The first kappa shape index (κ1) is 21.2. The number of ketones is 1. The van der Waals surface area contributed by atoms with E-state index in [2.05, 4.69) is 0 Å². The fourth-order valence-electron chi connectivity index (χ4n) is 3.46. The van der Waals surface area contributed by atoms with Crippen molar-refractivity contribution < 1.29 is 14.3 Å². The molecule has 0 N–H and O–H groups in total. The van der Waals surface area contributed by atoms with Gasteiger partial charge in [-0.2, -0.15) is 0 Å². The van der Waals surface area contributed by atoms with Gasteiger partial charge in [-0.1, -0.05) is 30.3 Å². The van der Waals surface area contributed by atoms with Gasteiger partial charge in [0.2, 0.25) is 0 Å². The number of methoxy groups -OCH3 is 1. The van der Waals surface area contributed by atoms with E-state index in [1.807, 2.05) is 109 Å². The normalized spacial score (nSPS) is 10.9. The lowest BCUT2D eigenvalue weighted by atomic mass is 10.1. The lowest BCUT2D eigenvalue weighted by molar-refractivity contribution is 0.104. The molecule has 0 saturated heterocycles. The van der Waals surface area contributed by atoms with Crippen LogP contribution in [-0.4, -0.2) is 17.5 Å². The van der Waals surface area contributed by atoms with Gasteiger partial charge < -0.3 is 14.0 Å². The molecule has 0 saturated carbocycles. The first-order valence-electron chi connectivity index (χ1n) is 10.5. The molecule has 3 aromatic carbocycles. The summed E-state index contributed by atoms with van der Waals surface area (Å²) in [5.41, 5.74) is 4.57. The molecule has 0 aliphatic heterocycles. The van der Waals surface area contributed by atoms with Crippen molar-refractivity contribution in [2.45, 2.75) is 13.5 Å². The average Bonchev–Trinajstić information content (AvgIpc) is 3.37. The Morgan fingerprint density at radius 2 is 1.66 bits per heavy atom. The standard InChI is InChI=1S/C28H25NO3/c1-21-7-3-4-8-27(21)32-20-24-19-22(10-16-28(24)31-2)9-15-26(30)23-11-13-25(14-12-23)29-17-5-6-18-29/h3-19H,20H2,1-2H3/b15-9+. The van der Waals surface area contributed by atoms with Crippen LogP contribution in [0.15, 0.2) is 97.3 Å². The van der Waals surface area contributed by atoms with Gasteiger partial charge in [-0.05, 0) is 78.7 Å². The minimum atomic E-state index is -0.0439. The lowest BCUT2D eigenvalue weighted by Crippen LogP contribution is -2.00. The van der Waals surface area contributed by atoms with E-state index in [4.69, 9.17) is 9.47 Å². The van der Waals surface area contributed by atoms with Crippen LogP contribution in [0.3, 0.4) is 0 Å². The summed E-state index contributed by atoms with van der Waals surface area (Å²) in [5.74, 6) is 1.55. The second kappa shape index (κ2) is 9.84. The quantitative estimate of drug-likeness (QED) is 0.248. The summed E-state index contributed by atoms with van der Waals surface area (Å²) in [6.45, 7) is 2.40. The zero-order chi connectivity index (χ0) is 22.3. The van der Waals surface area contributed by atoms with Gasteiger partial charge in [0, 0.05) is 29.2 Å². The fourth-order valence-corrected chi connectivity index (χ4v) is 3.46. The topological polar surface area (TPSA) is 40.5 Å². The van der Waals surface area contributed by atoms with E-state index in [1.54, 1.807) is 13.2 Å². The van der Waals surface area contributed by atoms with Gasteiger partial charge in [0.15, 0.2) is 5.78 Å². The van der Waals surface area contributed by atoms with Gasteiger partial charge in [-0.3, -0.25) is 4.79 Å². The number of carbonyl (C=O) groups is 1. The van der Waals surface area contributed by atoms with Crippen LogP contribution in [0, 0.1) is 6.92 Å². The molecule has 32 heavy (non-hydrogen) atoms. The van der Waals surface area contributed by atoms with Gasteiger partial charge in [-0.25, -0.2) is 0 Å². The molecule has 0 bridgehead atoms. The number of aromatic nitrogens is 1. The number of carbonyl (C=O) groups excluding carboxylic acids is 1. The summed E-state index contributed by atoms with van der Waals surface area (Å²) in [6, 6.07) is 25.2. The molecular formula is C28H25NO3. The number of nitrogens with zero attached hydrogens (tertiary/aromatic N) is 1. The maximum atomic E-state index is 12.6. The van der Waals surface area contributed by atoms with E-state index < -0.39 is 0 Å². The summed E-state index contributed by atoms with van der Waals surface area (Å²) < 4.78 is 13.5. The van der Waals surface area contributed by atoms with Crippen LogP contribution >= 0.6 is 0 Å². The molecule has 0 atom stereocenters. The Balaban J connectivity index is 1.46. The third kappa shape index (κ3) is 4.98. The Labute approximate surface area is 188 Å². The van der Waals surface area contributed by atoms with Crippen LogP contribution in [0.5, 0.6) is 11.5 Å². The maximum Gasteiger partial charge on any atom is 0.185 e. The van der Waals surface area contributed by atoms with Crippen LogP contribution < -0.4 is 9.47 Å². The second-order valence-corrected chi connectivity index (χ2v) is 7.46. The third-order valence-corrected chi connectivity index (χ3v) is 5.26. The molecule has 4 rings (SSSR count). The van der Waals surface area contributed by atoms with Crippen LogP contribution in [0.1, 0.15) is 27.0 Å². The van der Waals surface area contributed by atoms with E-state index in [-0.39, 0.29) is 5.78 Å². The van der Waals surface area contributed by atoms with Crippen molar-refractivity contribution in [1.29, 1.82) is 0 Å². The van der Waals surface area contributed by atoms with Gasteiger partial charge in [0.05, 0.1) is 7.11 Å². The van der Waals surface area contributed by atoms with Crippen molar-refractivity contribution in [2.24, 2.45) is 0 Å². The summed E-state index contributed by atoms with van der Waals surface area (Å²) in [6.07, 6.45) is 7.36. The average molecular weight is 424 g/mol. The van der Waals surface area contributed by atoms with Crippen LogP contribution in [0.25, 0.3) is 11.8 Å². The van der Waals surface area contributed by atoms with E-state index in [9.17, 15) is 4.79 Å². The molecule has 1 heterocycles. The predicted molar refractivity (Wildman–Crippen MR) is 128 cm³/mol. The molecule has 4 heteroatoms. The van der Waals surface area contributed by atoms with Crippen molar-refractivity contribution in [3.8, 4) is 17.2 Å². The molecule has 0 aliphatic carbocycles. The van der Waals surface area contributed by atoms with Gasteiger partial charge in [0.1, 0.15) is 18.1 Å². The Morgan fingerprint density at radius 3 is 2.38 bits per heavy atom. The minimum Gasteiger partial charge on any atom is -0.496 e. The molecule has 4 nitrogen and oxygen atoms in total. The van der Waals surface area contributed by atoms with E-state index in [0.717, 1.165) is 33.9 Å². The molecule has 160 valence electrons. The smallest absolute Gasteiger partial charge is 0.185 e. The highest BCUT2D eigenvalue weighted by Gasteiger charge is 2.07. The van der Waals surface area contributed by atoms with Crippen molar-refractivity contribution in [3.05, 3.63) is 120 Å². The molecule has 0 unspecified atom stereocenters. The molecule has 0 fully saturated rings. The van der Waals surface area contributed by atoms with Crippen LogP contribution in [0.4, 0.5) is 0 Å². The fraction of sp³-hybridized carbons (Fsp3) is 0.107. The van der Waals surface area contributed by atoms with E-state index in [0.29, 0.717) is 12.2 Å². The first-order chi connectivity index (χ1) is 15.6. The Bertz CT molecular complexity index is 1220. The number of rotatable bonds is 8. The summed E-state index contributed by atoms with van der Waals surface area (Å²) >= 11 is 0. The summed E-state index contributed by atoms with van der Waals surface area (Å²) in [4.78, 5) is 12.6. The maximum absolute atomic E-state index is 12.6. The molecule has 4 aromatic rings. The van der Waals surface area contributed by atoms with Crippen LogP contribution in [0.2, 0.25) is 0 Å². The molecular weight excluding hydrogens is 398 g/mol. The first-order valence-corrected chi connectivity index (χ1v) is 10.5. The highest BCUT2D eigenvalue weighted by molar-refractivity contribution is 6.06. The zero-order valence-electron chi connectivity index (χ0n) is 18.2. The Kier molecular flexibility index (Phi) is 6.52. The Hall–Kier alpha value is -4.05. The van der Waals surface area contributed by atoms with Crippen molar-refractivity contribution in [1.82, 2.24) is 4.57 Å². The second-order valence-electron chi connectivity index (χ2n) is 7.46. The lowest BCUT2D eigenvalue weighted by Gasteiger charge is -2.12. The van der Waals surface area contributed by atoms with Gasteiger partial charge in [-0.15, -0.1) is 0 Å². The number of allylic oxidation sites excluding steroid dienone is 1. The Morgan fingerprint density at radius 1 is 0.906 bits per heavy atom. The highest BCUT2D eigenvalue weighted by Crippen LogP contribution is 2.24. The number of hydrogen-bond donors (Lipinski definition) is 0. The van der Waals surface area contributed by atoms with Crippen molar-refractivity contribution >= 4 is 11.9 Å². The van der Waals surface area contributed by atoms with E-state index in [1.165, 1.54) is 0 Å². The number of benzene rings is 3. The van der Waals surface area contributed by atoms with Crippen molar-refractivity contribution in [3.63, 3.8) is 0 Å². The molecule has 0 aliphatic rings. The molecule has 1 aromatic heterocycles. The van der Waals surface area contributed by atoms with Gasteiger partial charge >= 0.3 is 0 Å². The zero-order valence-corrected chi connectivity index (χ0v) is 18.2. The largest absolute Gasteiger partial charge is 0.496 e. The van der Waals surface area contributed by atoms with Crippen molar-refractivity contribution in [2.75, 3.05) is 7.11 Å². The van der Waals surface area contributed by atoms with Crippen LogP contribution in [-0.2, 0) is 6.61 Å². The monoisotopic (exact) mass is 423 g/mol. The third-order valence-electron chi connectivity index (χ3n) is 5.26. The number of para-hydroxylation sites is 1.